The van der Waals surface area contributed by atoms with Gasteiger partial charge in [0.1, 0.15) is 5.82 Å². The van der Waals surface area contributed by atoms with Gasteiger partial charge in [0.05, 0.1) is 5.76 Å². The second-order valence-electron chi connectivity index (χ2n) is 10.7. The Morgan fingerprint density at radius 3 is 2.23 bits per heavy atom. The van der Waals surface area contributed by atoms with Gasteiger partial charge in [-0.3, -0.25) is 4.79 Å². The second-order valence-corrected chi connectivity index (χ2v) is 10.7. The Hall–Kier alpha value is -2.88. The van der Waals surface area contributed by atoms with E-state index in [1.807, 2.05) is 72.0 Å². The first kappa shape index (κ1) is 33.3. The van der Waals surface area contributed by atoms with Gasteiger partial charge < -0.3 is 10.1 Å². The molecule has 3 nitrogen and oxygen atoms in total. The van der Waals surface area contributed by atoms with Crippen molar-refractivity contribution in [1.82, 2.24) is 4.98 Å². The number of pyridine rings is 1. The molecular weight excluding hydrogens is 678 g/mol. The van der Waals surface area contributed by atoms with E-state index in [1.54, 1.807) is 6.07 Å². The quantitative estimate of drug-likeness (QED) is 0.0855. The number of rotatable bonds is 8. The summed E-state index contributed by atoms with van der Waals surface area (Å²) in [6.45, 7) is 14.2. The van der Waals surface area contributed by atoms with E-state index in [0.717, 1.165) is 64.0 Å². The summed E-state index contributed by atoms with van der Waals surface area (Å²) in [5.41, 5.74) is 3.88. The molecule has 1 aromatic heterocycles. The van der Waals surface area contributed by atoms with Crippen LogP contribution in [0.2, 0.25) is 0 Å². The maximum Gasteiger partial charge on any atom is 0.164 e. The number of aryl methyl sites for hydroxylation is 2. The number of benzene rings is 3. The number of hydrogen-bond acceptors (Lipinski definition) is 3. The second kappa shape index (κ2) is 14.7. The molecule has 0 atom stereocenters. The normalized spacial score (nSPS) is 11.8. The minimum absolute atomic E-state index is 0. The molecular formula is C35H41FIrNO2-. The minimum Gasteiger partial charge on any atom is -0.512 e. The van der Waals surface area contributed by atoms with Gasteiger partial charge in [-0.05, 0) is 71.1 Å². The third-order valence-electron chi connectivity index (χ3n) is 7.96. The van der Waals surface area contributed by atoms with Crippen LogP contribution in [0.5, 0.6) is 0 Å². The van der Waals surface area contributed by atoms with Crippen LogP contribution in [0, 0.1) is 37.1 Å². The number of ketones is 1. The zero-order valence-corrected chi connectivity index (χ0v) is 27.1. The zero-order valence-electron chi connectivity index (χ0n) is 24.7. The van der Waals surface area contributed by atoms with E-state index in [0.29, 0.717) is 0 Å². The molecule has 1 heterocycles. The largest absolute Gasteiger partial charge is 0.512 e. The number of carbonyl (C=O) groups is 1. The molecule has 0 aliphatic carbocycles. The molecule has 4 aromatic rings. The Morgan fingerprint density at radius 2 is 1.62 bits per heavy atom. The number of aliphatic hydroxyl groups is 1. The summed E-state index contributed by atoms with van der Waals surface area (Å²) in [6, 6.07) is 18.5. The molecule has 0 aliphatic rings. The molecule has 0 amide bonds. The fourth-order valence-electron chi connectivity index (χ4n) is 4.94. The maximum absolute atomic E-state index is 13.5. The van der Waals surface area contributed by atoms with Crippen LogP contribution in [0.15, 0.2) is 66.6 Å². The van der Waals surface area contributed by atoms with Crippen LogP contribution in [0.3, 0.4) is 0 Å². The minimum atomic E-state index is -0.319. The average Bonchev–Trinajstić information content (AvgIpc) is 2.92. The van der Waals surface area contributed by atoms with E-state index < -0.39 is 0 Å². The Kier molecular flexibility index (Phi) is 12.2. The van der Waals surface area contributed by atoms with Crippen LogP contribution in [0.1, 0.15) is 71.4 Å². The average molecular weight is 719 g/mol. The molecule has 1 N–H and O–H groups in total. The van der Waals surface area contributed by atoms with E-state index in [-0.39, 0.29) is 48.8 Å². The summed E-state index contributed by atoms with van der Waals surface area (Å²) in [5, 5.41) is 14.0. The summed E-state index contributed by atoms with van der Waals surface area (Å²) in [7, 11) is 0. The number of halogens is 1. The summed E-state index contributed by atoms with van der Waals surface area (Å²) in [5.74, 6) is 0.223. The smallest absolute Gasteiger partial charge is 0.164 e. The van der Waals surface area contributed by atoms with Crippen LogP contribution in [0.25, 0.3) is 32.8 Å². The number of aromatic nitrogens is 1. The summed E-state index contributed by atoms with van der Waals surface area (Å²) in [6.07, 6.45) is 6.64. The predicted octanol–water partition coefficient (Wildman–Crippen LogP) is 9.87. The summed E-state index contributed by atoms with van der Waals surface area (Å²) in [4.78, 5) is 16.6. The molecule has 0 unspecified atom stereocenters. The molecule has 0 saturated heterocycles. The predicted molar refractivity (Wildman–Crippen MR) is 161 cm³/mol. The van der Waals surface area contributed by atoms with E-state index in [4.69, 9.17) is 0 Å². The first-order chi connectivity index (χ1) is 18.6. The van der Waals surface area contributed by atoms with Crippen LogP contribution >= 0.6 is 0 Å². The van der Waals surface area contributed by atoms with Gasteiger partial charge >= 0.3 is 0 Å². The molecule has 4 rings (SSSR count). The van der Waals surface area contributed by atoms with Gasteiger partial charge in [0, 0.05) is 43.7 Å². The number of nitrogens with zero attached hydrogens (tertiary/aromatic N) is 1. The van der Waals surface area contributed by atoms with Gasteiger partial charge in [-0.1, -0.05) is 66.7 Å². The molecule has 215 valence electrons. The number of allylic oxidation sites excluding steroid dienone is 2. The number of hydrogen-bond donors (Lipinski definition) is 1. The summed E-state index contributed by atoms with van der Waals surface area (Å²) < 4.78 is 13.5. The Morgan fingerprint density at radius 1 is 0.975 bits per heavy atom. The van der Waals surface area contributed by atoms with Gasteiger partial charge in [-0.15, -0.1) is 34.9 Å². The zero-order chi connectivity index (χ0) is 28.7. The van der Waals surface area contributed by atoms with Crippen LogP contribution in [0.4, 0.5) is 4.39 Å². The van der Waals surface area contributed by atoms with Gasteiger partial charge in [0.15, 0.2) is 5.78 Å². The van der Waals surface area contributed by atoms with Crippen molar-refractivity contribution in [2.75, 3.05) is 0 Å². The number of fused-ring (bicyclic) bond motifs is 3. The monoisotopic (exact) mass is 719 g/mol. The SMILES string of the molecule is CCC(CC)/C(O)=C/C(=O)C(C)(CC)CC.Cc1[c-]c(-c2nccc3c2ccc2cc(F)ccc23)cc(C)c1.[Ir]. The van der Waals surface area contributed by atoms with Crippen molar-refractivity contribution in [1.29, 1.82) is 0 Å². The molecule has 0 bridgehead atoms. The van der Waals surface area contributed by atoms with Crippen molar-refractivity contribution in [3.63, 3.8) is 0 Å². The van der Waals surface area contributed by atoms with E-state index in [2.05, 4.69) is 30.1 Å². The fourth-order valence-corrected chi connectivity index (χ4v) is 4.94. The van der Waals surface area contributed by atoms with Crippen molar-refractivity contribution in [3.8, 4) is 11.3 Å². The van der Waals surface area contributed by atoms with Crippen molar-refractivity contribution in [2.45, 2.75) is 74.1 Å². The van der Waals surface area contributed by atoms with Crippen molar-refractivity contribution in [2.24, 2.45) is 11.3 Å². The van der Waals surface area contributed by atoms with Gasteiger partial charge in [-0.2, -0.15) is 0 Å². The molecule has 0 saturated carbocycles. The van der Waals surface area contributed by atoms with E-state index >= 15 is 0 Å². The Bertz CT molecular complexity index is 1470. The summed E-state index contributed by atoms with van der Waals surface area (Å²) >= 11 is 0. The third-order valence-corrected chi connectivity index (χ3v) is 7.96. The first-order valence-electron chi connectivity index (χ1n) is 14.0. The number of aliphatic hydroxyl groups excluding tert-OH is 1. The van der Waals surface area contributed by atoms with Gasteiger partial charge in [-0.25, -0.2) is 4.39 Å². The van der Waals surface area contributed by atoms with Gasteiger partial charge in [0.25, 0.3) is 0 Å². The topological polar surface area (TPSA) is 50.2 Å². The van der Waals surface area contributed by atoms with Crippen molar-refractivity contribution in [3.05, 3.63) is 89.6 Å². The number of carbonyl (C=O) groups excluding carboxylic acids is 1. The van der Waals surface area contributed by atoms with Crippen LogP contribution < -0.4 is 0 Å². The molecule has 0 spiro atoms. The molecule has 3 aromatic carbocycles. The van der Waals surface area contributed by atoms with Gasteiger partial charge in [0.2, 0.25) is 0 Å². The van der Waals surface area contributed by atoms with Crippen molar-refractivity contribution < 1.29 is 34.4 Å². The van der Waals surface area contributed by atoms with E-state index in [9.17, 15) is 14.3 Å². The molecule has 5 heteroatoms. The third kappa shape index (κ3) is 7.65. The molecule has 0 fully saturated rings. The fraction of sp³-hybridized carbons (Fsp3) is 0.371. The molecule has 40 heavy (non-hydrogen) atoms. The Balaban J connectivity index is 0.000000294. The Labute approximate surface area is 252 Å². The maximum atomic E-state index is 13.5. The standard InChI is InChI=1S/C21H15FN.C14H26O2.Ir/c1-13-9-14(2)11-16(10-13)21-20-5-3-15-12-17(22)4-6-18(15)19(20)7-8-23-21;1-6-11(7-2)12(15)10-13(16)14(5,8-3)9-4;/h3-10,12H,1-2H3;10-11,15H,6-9H2,1-5H3;/q-1;;/b;12-10-;. The van der Waals surface area contributed by atoms with E-state index in [1.165, 1.54) is 17.7 Å². The van der Waals surface area contributed by atoms with Crippen LogP contribution in [-0.4, -0.2) is 15.9 Å². The van der Waals surface area contributed by atoms with Crippen LogP contribution in [-0.2, 0) is 24.9 Å². The van der Waals surface area contributed by atoms with Crippen molar-refractivity contribution >= 4 is 27.3 Å². The molecule has 0 aliphatic heterocycles. The molecule has 1 radical (unpaired) electrons. The first-order valence-corrected chi connectivity index (χ1v) is 14.0.